The highest BCUT2D eigenvalue weighted by Gasteiger charge is 2.52. The number of anilines is 3. The summed E-state index contributed by atoms with van der Waals surface area (Å²) in [5, 5.41) is 4.99. The standard InChI is InChI=1S/C71H46N2/c1-3-17-47(18-4-1)51-20-15-21-52(45-51)48-33-39-55(40-34-48)72(67-32-16-31-66-69(67)62-27-11-14-30-65(62)71(66)63-28-12-9-25-58(63)59-26-10-13-29-64(59)71)56-41-35-49(36-42-56)53-38-43-60-61-44-37-50-19-7-8-24-57(50)70(61)73(68(60)46-53)54-22-5-2-6-23-54/h1-46H. The monoisotopic (exact) mass is 926 g/mol. The summed E-state index contributed by atoms with van der Waals surface area (Å²) in [6.45, 7) is 0. The van der Waals surface area contributed by atoms with Crippen molar-refractivity contribution in [2.75, 3.05) is 4.90 Å². The minimum absolute atomic E-state index is 0.453. The molecule has 0 unspecified atom stereocenters. The second-order valence-electron chi connectivity index (χ2n) is 19.5. The van der Waals surface area contributed by atoms with E-state index in [4.69, 9.17) is 0 Å². The Kier molecular flexibility index (Phi) is 9.21. The molecule has 0 N–H and O–H groups in total. The highest BCUT2D eigenvalue weighted by molar-refractivity contribution is 6.19. The van der Waals surface area contributed by atoms with Crippen molar-refractivity contribution in [1.82, 2.24) is 4.57 Å². The van der Waals surface area contributed by atoms with Crippen LogP contribution in [0, 0.1) is 0 Å². The number of nitrogens with zero attached hydrogens (tertiary/aromatic N) is 2. The van der Waals surface area contributed by atoms with Crippen LogP contribution in [0.5, 0.6) is 0 Å². The van der Waals surface area contributed by atoms with Gasteiger partial charge in [0.2, 0.25) is 0 Å². The van der Waals surface area contributed by atoms with Crippen molar-refractivity contribution in [1.29, 1.82) is 0 Å². The molecular formula is C71H46N2. The normalized spacial score (nSPS) is 12.8. The molecule has 2 nitrogen and oxygen atoms in total. The molecule has 2 aliphatic rings. The second kappa shape index (κ2) is 16.3. The van der Waals surface area contributed by atoms with E-state index in [9.17, 15) is 0 Å². The number of para-hydroxylation sites is 1. The first-order valence-corrected chi connectivity index (χ1v) is 25.3. The molecule has 0 radical (unpaired) electrons. The molecule has 0 amide bonds. The molecule has 0 bridgehead atoms. The Bertz CT molecular complexity index is 4250. The first-order valence-electron chi connectivity index (χ1n) is 25.3. The molecule has 340 valence electrons. The van der Waals surface area contributed by atoms with Gasteiger partial charge in [-0.2, -0.15) is 0 Å². The van der Waals surface area contributed by atoms with Gasteiger partial charge < -0.3 is 9.47 Å². The van der Waals surface area contributed by atoms with Crippen LogP contribution in [0.3, 0.4) is 0 Å². The fourth-order valence-corrected chi connectivity index (χ4v) is 12.7. The maximum absolute atomic E-state index is 2.48. The van der Waals surface area contributed by atoms with Crippen molar-refractivity contribution in [3.05, 3.63) is 301 Å². The summed E-state index contributed by atoms with van der Waals surface area (Å²) in [4.78, 5) is 2.48. The lowest BCUT2D eigenvalue weighted by Crippen LogP contribution is -2.26. The molecule has 12 aromatic carbocycles. The smallest absolute Gasteiger partial charge is 0.0726 e. The molecule has 2 aliphatic carbocycles. The zero-order chi connectivity index (χ0) is 48.0. The van der Waals surface area contributed by atoms with E-state index < -0.39 is 5.41 Å². The van der Waals surface area contributed by atoms with Gasteiger partial charge in [-0.1, -0.05) is 224 Å². The second-order valence-corrected chi connectivity index (χ2v) is 19.5. The predicted octanol–water partition coefficient (Wildman–Crippen LogP) is 18.8. The lowest BCUT2D eigenvalue weighted by atomic mass is 9.70. The summed E-state index contributed by atoms with van der Waals surface area (Å²) in [5.41, 5.74) is 24.1. The summed E-state index contributed by atoms with van der Waals surface area (Å²) >= 11 is 0. The molecule has 0 atom stereocenters. The Balaban J connectivity index is 0.905. The SMILES string of the molecule is c1ccc(-c2cccc(-c3ccc(N(c4ccc(-c5ccc6c7ccc8ccccc8c7n(-c7ccccc7)c6c5)cc4)c4cccc5c4-c4ccccc4C54c5ccccc5-c5ccccc54)cc3)c2)cc1. The Morgan fingerprint density at radius 2 is 0.781 bits per heavy atom. The van der Waals surface area contributed by atoms with Crippen molar-refractivity contribution in [3.8, 4) is 61.3 Å². The third-order valence-corrected chi connectivity index (χ3v) is 15.8. The van der Waals surface area contributed by atoms with Gasteiger partial charge in [0.05, 0.1) is 22.1 Å². The number of hydrogen-bond donors (Lipinski definition) is 0. The van der Waals surface area contributed by atoms with Gasteiger partial charge in [0, 0.05) is 38.8 Å². The van der Waals surface area contributed by atoms with Crippen molar-refractivity contribution >= 4 is 49.6 Å². The van der Waals surface area contributed by atoms with Gasteiger partial charge >= 0.3 is 0 Å². The van der Waals surface area contributed by atoms with E-state index in [-0.39, 0.29) is 0 Å². The summed E-state index contributed by atoms with van der Waals surface area (Å²) in [6.07, 6.45) is 0. The maximum atomic E-state index is 2.48. The van der Waals surface area contributed by atoms with Gasteiger partial charge in [0.1, 0.15) is 0 Å². The highest BCUT2D eigenvalue weighted by Crippen LogP contribution is 2.64. The molecule has 0 fully saturated rings. The summed E-state index contributed by atoms with van der Waals surface area (Å²) in [7, 11) is 0. The van der Waals surface area contributed by atoms with Crippen LogP contribution >= 0.6 is 0 Å². The Morgan fingerprint density at radius 3 is 1.45 bits per heavy atom. The van der Waals surface area contributed by atoms with E-state index in [1.54, 1.807) is 0 Å². The third kappa shape index (κ3) is 6.17. The Labute approximate surface area is 425 Å². The van der Waals surface area contributed by atoms with E-state index >= 15 is 0 Å². The van der Waals surface area contributed by atoms with E-state index in [0.29, 0.717) is 0 Å². The topological polar surface area (TPSA) is 8.17 Å². The predicted molar refractivity (Wildman–Crippen MR) is 306 cm³/mol. The lowest BCUT2D eigenvalue weighted by molar-refractivity contribution is 0.794. The van der Waals surface area contributed by atoms with Crippen LogP contribution in [0.4, 0.5) is 17.1 Å². The third-order valence-electron chi connectivity index (χ3n) is 15.8. The Hall–Kier alpha value is -9.50. The zero-order valence-electron chi connectivity index (χ0n) is 40.0. The molecule has 2 heteroatoms. The maximum Gasteiger partial charge on any atom is 0.0726 e. The van der Waals surface area contributed by atoms with Crippen molar-refractivity contribution in [2.24, 2.45) is 0 Å². The van der Waals surface area contributed by atoms with Gasteiger partial charge in [-0.25, -0.2) is 0 Å². The van der Waals surface area contributed by atoms with Crippen molar-refractivity contribution < 1.29 is 0 Å². The van der Waals surface area contributed by atoms with Crippen molar-refractivity contribution in [3.63, 3.8) is 0 Å². The van der Waals surface area contributed by atoms with Crippen LogP contribution in [0.1, 0.15) is 22.3 Å². The molecule has 13 aromatic rings. The van der Waals surface area contributed by atoms with Crippen LogP contribution in [0.15, 0.2) is 279 Å². The van der Waals surface area contributed by atoms with Crippen LogP contribution < -0.4 is 4.90 Å². The molecule has 1 heterocycles. The minimum Gasteiger partial charge on any atom is -0.310 e. The van der Waals surface area contributed by atoms with Gasteiger partial charge in [-0.05, 0) is 132 Å². The molecule has 0 saturated heterocycles. The minimum atomic E-state index is -0.453. The number of fused-ring (bicyclic) bond motifs is 15. The zero-order valence-corrected chi connectivity index (χ0v) is 40.0. The number of benzene rings is 12. The highest BCUT2D eigenvalue weighted by atomic mass is 15.1. The van der Waals surface area contributed by atoms with Gasteiger partial charge in [0.15, 0.2) is 0 Å². The lowest BCUT2D eigenvalue weighted by Gasteiger charge is -2.32. The molecule has 0 saturated carbocycles. The van der Waals surface area contributed by atoms with Gasteiger partial charge in [-0.15, -0.1) is 0 Å². The van der Waals surface area contributed by atoms with Crippen LogP contribution in [-0.2, 0) is 5.41 Å². The van der Waals surface area contributed by atoms with E-state index in [2.05, 4.69) is 289 Å². The first kappa shape index (κ1) is 41.3. The largest absolute Gasteiger partial charge is 0.310 e. The average Bonchev–Trinajstić information content (AvgIpc) is 4.09. The fourth-order valence-electron chi connectivity index (χ4n) is 12.7. The quantitative estimate of drug-likeness (QED) is 0.155. The van der Waals surface area contributed by atoms with Gasteiger partial charge in [-0.3, -0.25) is 0 Å². The number of rotatable bonds is 7. The molecule has 1 spiro atoms. The first-order chi connectivity index (χ1) is 36.2. The molecule has 73 heavy (non-hydrogen) atoms. The molecule has 1 aromatic heterocycles. The summed E-state index contributed by atoms with van der Waals surface area (Å²) in [5.74, 6) is 0. The van der Waals surface area contributed by atoms with E-state index in [0.717, 1.165) is 28.3 Å². The summed E-state index contributed by atoms with van der Waals surface area (Å²) in [6, 6.07) is 103. The van der Waals surface area contributed by atoms with Crippen LogP contribution in [0.2, 0.25) is 0 Å². The summed E-state index contributed by atoms with van der Waals surface area (Å²) < 4.78 is 2.45. The van der Waals surface area contributed by atoms with Gasteiger partial charge in [0.25, 0.3) is 0 Å². The molecule has 0 aliphatic heterocycles. The Morgan fingerprint density at radius 1 is 0.301 bits per heavy atom. The molecular weight excluding hydrogens is 881 g/mol. The molecule has 15 rings (SSSR count). The average molecular weight is 927 g/mol. The van der Waals surface area contributed by atoms with E-state index in [1.165, 1.54) is 105 Å². The number of hydrogen-bond acceptors (Lipinski definition) is 1. The van der Waals surface area contributed by atoms with Crippen LogP contribution in [-0.4, -0.2) is 4.57 Å². The van der Waals surface area contributed by atoms with E-state index in [1.807, 2.05) is 0 Å². The fraction of sp³-hybridized carbons (Fsp3) is 0.0141. The van der Waals surface area contributed by atoms with Crippen LogP contribution in [0.25, 0.3) is 93.9 Å². The number of aromatic nitrogens is 1. The van der Waals surface area contributed by atoms with Crippen molar-refractivity contribution in [2.45, 2.75) is 5.41 Å².